The van der Waals surface area contributed by atoms with Crippen LogP contribution >= 0.6 is 23.2 Å². The van der Waals surface area contributed by atoms with Crippen molar-refractivity contribution in [3.8, 4) is 5.75 Å². The fourth-order valence-corrected chi connectivity index (χ4v) is 2.19. The van der Waals surface area contributed by atoms with Gasteiger partial charge in [0.25, 0.3) is 0 Å². The van der Waals surface area contributed by atoms with Gasteiger partial charge in [-0.05, 0) is 36.6 Å². The predicted octanol–water partition coefficient (Wildman–Crippen LogP) is 3.89. The van der Waals surface area contributed by atoms with Gasteiger partial charge in [0, 0.05) is 23.3 Å². The lowest BCUT2D eigenvalue weighted by atomic mass is 10.1. The van der Waals surface area contributed by atoms with Gasteiger partial charge in [-0.1, -0.05) is 0 Å². The minimum Gasteiger partial charge on any atom is -0.497 e. The molecule has 0 aliphatic heterocycles. The van der Waals surface area contributed by atoms with E-state index in [4.69, 9.17) is 27.9 Å². The summed E-state index contributed by atoms with van der Waals surface area (Å²) in [4.78, 5) is 4.37. The summed E-state index contributed by atoms with van der Waals surface area (Å²) in [7, 11) is 1.65. The average Bonchev–Trinajstić information content (AvgIpc) is 2.46. The number of fused-ring (bicyclic) bond motifs is 1. The highest BCUT2D eigenvalue weighted by Gasteiger charge is 2.23. The number of ether oxygens (including phenoxy) is 1. The lowest BCUT2D eigenvalue weighted by Gasteiger charge is -2.27. The molecule has 19 heavy (non-hydrogen) atoms. The Balaban J connectivity index is 2.44. The SMILES string of the molecule is COc1ccc2c(NC(C)(CCl)CCl)nccc2c1. The fraction of sp³-hybridized carbons (Fsp3) is 0.357. The summed E-state index contributed by atoms with van der Waals surface area (Å²) in [5, 5.41) is 5.40. The molecule has 1 aromatic heterocycles. The lowest BCUT2D eigenvalue weighted by molar-refractivity contribution is 0.415. The number of benzene rings is 1. The third kappa shape index (κ3) is 3.04. The number of nitrogens with zero attached hydrogens (tertiary/aromatic N) is 1. The molecular weight excluding hydrogens is 283 g/mol. The average molecular weight is 299 g/mol. The van der Waals surface area contributed by atoms with Gasteiger partial charge in [0.1, 0.15) is 11.6 Å². The van der Waals surface area contributed by atoms with E-state index in [9.17, 15) is 0 Å². The first-order valence-electron chi connectivity index (χ1n) is 5.95. The van der Waals surface area contributed by atoms with Crippen molar-refractivity contribution in [1.82, 2.24) is 4.98 Å². The maximum Gasteiger partial charge on any atom is 0.134 e. The minimum absolute atomic E-state index is 0.385. The molecule has 0 saturated carbocycles. The quantitative estimate of drug-likeness (QED) is 0.850. The zero-order valence-electron chi connectivity index (χ0n) is 10.9. The number of pyridine rings is 1. The molecule has 5 heteroatoms. The van der Waals surface area contributed by atoms with E-state index in [2.05, 4.69) is 10.3 Å². The van der Waals surface area contributed by atoms with Crippen LogP contribution in [0.5, 0.6) is 5.75 Å². The van der Waals surface area contributed by atoms with E-state index in [1.807, 2.05) is 31.2 Å². The molecule has 3 nitrogen and oxygen atoms in total. The maximum atomic E-state index is 5.96. The van der Waals surface area contributed by atoms with Crippen LogP contribution in [0.25, 0.3) is 10.8 Å². The molecule has 0 aliphatic rings. The first-order valence-corrected chi connectivity index (χ1v) is 7.01. The van der Waals surface area contributed by atoms with E-state index in [1.165, 1.54) is 0 Å². The van der Waals surface area contributed by atoms with E-state index < -0.39 is 0 Å². The zero-order chi connectivity index (χ0) is 13.9. The van der Waals surface area contributed by atoms with Crippen LogP contribution in [0.1, 0.15) is 6.92 Å². The van der Waals surface area contributed by atoms with Crippen molar-refractivity contribution in [3.05, 3.63) is 30.5 Å². The first-order chi connectivity index (χ1) is 9.11. The van der Waals surface area contributed by atoms with Crippen LogP contribution < -0.4 is 10.1 Å². The number of hydrogen-bond donors (Lipinski definition) is 1. The second kappa shape index (κ2) is 5.85. The summed E-state index contributed by atoms with van der Waals surface area (Å²) in [6.45, 7) is 1.97. The van der Waals surface area contributed by atoms with Gasteiger partial charge in [-0.3, -0.25) is 0 Å². The van der Waals surface area contributed by atoms with Gasteiger partial charge in [0.15, 0.2) is 0 Å². The second-order valence-corrected chi connectivity index (χ2v) is 5.23. The van der Waals surface area contributed by atoms with Gasteiger partial charge in [-0.2, -0.15) is 0 Å². The Labute approximate surface area is 122 Å². The number of alkyl halides is 2. The summed E-state index contributed by atoms with van der Waals surface area (Å²) in [6, 6.07) is 7.81. The van der Waals surface area contributed by atoms with Crippen LogP contribution in [-0.4, -0.2) is 29.4 Å². The number of methoxy groups -OCH3 is 1. The molecule has 1 aromatic carbocycles. The molecule has 0 spiro atoms. The predicted molar refractivity (Wildman–Crippen MR) is 81.8 cm³/mol. The van der Waals surface area contributed by atoms with E-state index in [0.29, 0.717) is 11.8 Å². The molecule has 0 atom stereocenters. The number of nitrogens with one attached hydrogen (secondary N) is 1. The second-order valence-electron chi connectivity index (χ2n) is 4.70. The molecule has 1 N–H and O–H groups in total. The van der Waals surface area contributed by atoms with Crippen LogP contribution in [0.4, 0.5) is 5.82 Å². The van der Waals surface area contributed by atoms with Crippen LogP contribution in [0.2, 0.25) is 0 Å². The van der Waals surface area contributed by atoms with E-state index in [-0.39, 0.29) is 5.54 Å². The highest BCUT2D eigenvalue weighted by atomic mass is 35.5. The fourth-order valence-electron chi connectivity index (χ4n) is 1.77. The number of aromatic nitrogens is 1. The van der Waals surface area contributed by atoms with Gasteiger partial charge in [-0.25, -0.2) is 4.98 Å². The third-order valence-corrected chi connectivity index (χ3v) is 4.16. The molecule has 1 heterocycles. The Morgan fingerprint density at radius 2 is 2.00 bits per heavy atom. The summed E-state index contributed by atoms with van der Waals surface area (Å²) < 4.78 is 5.22. The largest absolute Gasteiger partial charge is 0.497 e. The topological polar surface area (TPSA) is 34.1 Å². The van der Waals surface area contributed by atoms with Gasteiger partial charge in [-0.15, -0.1) is 23.2 Å². The Morgan fingerprint density at radius 1 is 1.26 bits per heavy atom. The number of halogens is 2. The van der Waals surface area contributed by atoms with Gasteiger partial charge >= 0.3 is 0 Å². The molecule has 2 rings (SSSR count). The monoisotopic (exact) mass is 298 g/mol. The molecule has 0 amide bonds. The molecule has 0 radical (unpaired) electrons. The van der Waals surface area contributed by atoms with Gasteiger partial charge < -0.3 is 10.1 Å². The van der Waals surface area contributed by atoms with E-state index >= 15 is 0 Å². The molecule has 0 fully saturated rings. The summed E-state index contributed by atoms with van der Waals surface area (Å²) >= 11 is 11.9. The van der Waals surface area contributed by atoms with E-state index in [0.717, 1.165) is 22.3 Å². The Hall–Kier alpha value is -1.19. The van der Waals surface area contributed by atoms with Crippen molar-refractivity contribution in [1.29, 1.82) is 0 Å². The minimum atomic E-state index is -0.385. The normalized spacial score (nSPS) is 11.6. The van der Waals surface area contributed by atoms with Crippen molar-refractivity contribution in [2.75, 3.05) is 24.2 Å². The van der Waals surface area contributed by atoms with Crippen molar-refractivity contribution in [2.45, 2.75) is 12.5 Å². The standard InChI is InChI=1S/C14H16Cl2N2O/c1-14(8-15,9-16)18-13-12-4-3-11(19-2)7-10(12)5-6-17-13/h3-7H,8-9H2,1-2H3,(H,17,18). The van der Waals surface area contributed by atoms with Crippen LogP contribution in [-0.2, 0) is 0 Å². The highest BCUT2D eigenvalue weighted by molar-refractivity contribution is 6.22. The van der Waals surface area contributed by atoms with E-state index in [1.54, 1.807) is 13.3 Å². The molecule has 0 unspecified atom stereocenters. The maximum absolute atomic E-state index is 5.96. The molecule has 102 valence electrons. The van der Waals surface area contributed by atoms with Crippen LogP contribution in [0.3, 0.4) is 0 Å². The Morgan fingerprint density at radius 3 is 2.63 bits per heavy atom. The highest BCUT2D eigenvalue weighted by Crippen LogP contribution is 2.27. The van der Waals surface area contributed by atoms with Gasteiger partial charge in [0.2, 0.25) is 0 Å². The Kier molecular flexibility index (Phi) is 4.38. The van der Waals surface area contributed by atoms with Crippen LogP contribution in [0.15, 0.2) is 30.5 Å². The summed E-state index contributed by atoms with van der Waals surface area (Å²) in [6.07, 6.45) is 1.76. The van der Waals surface area contributed by atoms with Gasteiger partial charge in [0.05, 0.1) is 12.6 Å². The number of anilines is 1. The summed E-state index contributed by atoms with van der Waals surface area (Å²) in [5.41, 5.74) is -0.385. The summed E-state index contributed by atoms with van der Waals surface area (Å²) in [5.74, 6) is 2.42. The number of rotatable bonds is 5. The molecule has 0 saturated heterocycles. The zero-order valence-corrected chi connectivity index (χ0v) is 12.4. The van der Waals surface area contributed by atoms with Crippen LogP contribution in [0, 0.1) is 0 Å². The van der Waals surface area contributed by atoms with Crippen molar-refractivity contribution < 1.29 is 4.74 Å². The smallest absolute Gasteiger partial charge is 0.134 e. The molecular formula is C14H16Cl2N2O. The molecule has 0 bridgehead atoms. The molecule has 2 aromatic rings. The lowest BCUT2D eigenvalue weighted by Crippen LogP contribution is -2.39. The van der Waals surface area contributed by atoms with Crippen molar-refractivity contribution >= 4 is 39.8 Å². The Bertz CT molecular complexity index is 570. The van der Waals surface area contributed by atoms with Crippen molar-refractivity contribution in [2.24, 2.45) is 0 Å². The molecule has 0 aliphatic carbocycles. The first kappa shape index (κ1) is 14.2. The third-order valence-electron chi connectivity index (χ3n) is 2.98. The van der Waals surface area contributed by atoms with Crippen molar-refractivity contribution in [3.63, 3.8) is 0 Å². The number of hydrogen-bond acceptors (Lipinski definition) is 3.